The highest BCUT2D eigenvalue weighted by molar-refractivity contribution is 5.78. The zero-order valence-electron chi connectivity index (χ0n) is 20.6. The van der Waals surface area contributed by atoms with Crippen LogP contribution in [0.2, 0.25) is 0 Å². The van der Waals surface area contributed by atoms with Crippen LogP contribution in [0.3, 0.4) is 0 Å². The Morgan fingerprint density at radius 3 is 1.86 bits per heavy atom. The summed E-state index contributed by atoms with van der Waals surface area (Å²) in [5.74, 6) is -0.200. The SMILES string of the molecule is CC1(C)CC2(CCN(CCOC(c3cccc(C(F)(F)F)c3)c3cccc(C(F)(F)F)c3)CC2)OC1=O. The van der Waals surface area contributed by atoms with Crippen LogP contribution in [-0.4, -0.2) is 42.7 Å². The average molecular weight is 530 g/mol. The molecule has 10 heteroatoms. The number of benzene rings is 2. The summed E-state index contributed by atoms with van der Waals surface area (Å²) >= 11 is 0. The van der Waals surface area contributed by atoms with Gasteiger partial charge in [0.1, 0.15) is 11.7 Å². The maximum Gasteiger partial charge on any atom is 0.416 e. The van der Waals surface area contributed by atoms with Crippen LogP contribution in [0.15, 0.2) is 48.5 Å². The number of rotatable bonds is 6. The quantitative estimate of drug-likeness (QED) is 0.311. The van der Waals surface area contributed by atoms with E-state index in [0.717, 1.165) is 24.3 Å². The Kier molecular flexibility index (Phi) is 7.38. The van der Waals surface area contributed by atoms with Crippen LogP contribution in [0.25, 0.3) is 0 Å². The number of hydrogen-bond donors (Lipinski definition) is 0. The molecule has 0 aliphatic carbocycles. The lowest BCUT2D eigenvalue weighted by atomic mass is 9.79. The highest BCUT2D eigenvalue weighted by Crippen LogP contribution is 2.45. The summed E-state index contributed by atoms with van der Waals surface area (Å²) in [5, 5.41) is 0. The largest absolute Gasteiger partial charge is 0.459 e. The van der Waals surface area contributed by atoms with Crippen molar-refractivity contribution in [2.45, 2.75) is 57.2 Å². The van der Waals surface area contributed by atoms with Gasteiger partial charge >= 0.3 is 18.3 Å². The number of likely N-dealkylation sites (tertiary alicyclic amines) is 1. The average Bonchev–Trinajstić information content (AvgIpc) is 3.04. The minimum atomic E-state index is -4.60. The molecular weight excluding hydrogens is 500 g/mol. The molecule has 2 aliphatic heterocycles. The normalized spacial score (nSPS) is 20.0. The second-order valence-corrected chi connectivity index (χ2v) is 10.5. The molecule has 37 heavy (non-hydrogen) atoms. The van der Waals surface area contributed by atoms with E-state index in [2.05, 4.69) is 4.90 Å². The predicted molar refractivity (Wildman–Crippen MR) is 124 cm³/mol. The van der Waals surface area contributed by atoms with Gasteiger partial charge in [0.05, 0.1) is 23.1 Å². The number of carbonyl (C=O) groups is 1. The van der Waals surface area contributed by atoms with Gasteiger partial charge in [-0.25, -0.2) is 0 Å². The molecule has 4 nitrogen and oxygen atoms in total. The van der Waals surface area contributed by atoms with Gasteiger partial charge in [-0.3, -0.25) is 4.79 Å². The lowest BCUT2D eigenvalue weighted by Crippen LogP contribution is -2.45. The van der Waals surface area contributed by atoms with Crippen molar-refractivity contribution in [3.63, 3.8) is 0 Å². The Balaban J connectivity index is 1.47. The van der Waals surface area contributed by atoms with E-state index in [4.69, 9.17) is 9.47 Å². The van der Waals surface area contributed by atoms with Crippen molar-refractivity contribution in [3.8, 4) is 0 Å². The van der Waals surface area contributed by atoms with Crippen LogP contribution in [0.5, 0.6) is 0 Å². The Bertz CT molecular complexity index is 1060. The molecule has 0 aromatic heterocycles. The second kappa shape index (κ2) is 9.94. The van der Waals surface area contributed by atoms with Crippen LogP contribution in [0, 0.1) is 5.41 Å². The molecule has 0 N–H and O–H groups in total. The first-order valence-electron chi connectivity index (χ1n) is 12.1. The summed E-state index contributed by atoms with van der Waals surface area (Å²) in [6.45, 7) is 5.55. The summed E-state index contributed by atoms with van der Waals surface area (Å²) in [5.41, 5.74) is -2.56. The third kappa shape index (κ3) is 6.29. The number of piperidine rings is 1. The minimum absolute atomic E-state index is 0.0927. The fraction of sp³-hybridized carbons (Fsp3) is 0.519. The van der Waals surface area contributed by atoms with Crippen molar-refractivity contribution < 1.29 is 40.6 Å². The van der Waals surface area contributed by atoms with Crippen LogP contribution in [0.4, 0.5) is 26.3 Å². The molecule has 2 aromatic rings. The lowest BCUT2D eigenvalue weighted by molar-refractivity contribution is -0.156. The maximum absolute atomic E-state index is 13.3. The van der Waals surface area contributed by atoms with Crippen LogP contribution < -0.4 is 0 Å². The molecule has 2 fully saturated rings. The van der Waals surface area contributed by atoms with Crippen LogP contribution in [-0.2, 0) is 26.6 Å². The molecule has 4 rings (SSSR count). The number of esters is 1. The molecule has 0 unspecified atom stereocenters. The summed E-state index contributed by atoms with van der Waals surface area (Å²) in [6, 6.07) is 8.91. The second-order valence-electron chi connectivity index (χ2n) is 10.5. The number of hydrogen-bond acceptors (Lipinski definition) is 4. The third-order valence-corrected chi connectivity index (χ3v) is 7.12. The maximum atomic E-state index is 13.3. The van der Waals surface area contributed by atoms with E-state index in [1.54, 1.807) is 0 Å². The molecule has 2 saturated heterocycles. The fourth-order valence-corrected chi connectivity index (χ4v) is 5.15. The minimum Gasteiger partial charge on any atom is -0.459 e. The molecule has 2 aliphatic rings. The van der Waals surface area contributed by atoms with Gasteiger partial charge in [0.25, 0.3) is 0 Å². The Morgan fingerprint density at radius 2 is 1.43 bits per heavy atom. The molecule has 0 atom stereocenters. The number of alkyl halides is 6. The fourth-order valence-electron chi connectivity index (χ4n) is 5.15. The molecule has 0 saturated carbocycles. The summed E-state index contributed by atoms with van der Waals surface area (Å²) in [7, 11) is 0. The number of carbonyl (C=O) groups excluding carboxylic acids is 1. The van der Waals surface area contributed by atoms with E-state index in [1.807, 2.05) is 13.8 Å². The number of ether oxygens (including phenoxy) is 2. The van der Waals surface area contributed by atoms with Gasteiger partial charge in [0, 0.05) is 38.9 Å². The first-order valence-corrected chi connectivity index (χ1v) is 12.1. The van der Waals surface area contributed by atoms with Gasteiger partial charge in [0.15, 0.2) is 0 Å². The van der Waals surface area contributed by atoms with Crippen molar-refractivity contribution in [2.75, 3.05) is 26.2 Å². The van der Waals surface area contributed by atoms with Crippen LogP contribution >= 0.6 is 0 Å². The number of halogens is 6. The smallest absolute Gasteiger partial charge is 0.416 e. The zero-order valence-corrected chi connectivity index (χ0v) is 20.6. The summed E-state index contributed by atoms with van der Waals surface area (Å²) in [4.78, 5) is 14.2. The van der Waals surface area contributed by atoms with Crippen molar-refractivity contribution in [1.82, 2.24) is 4.90 Å². The molecule has 1 spiro atoms. The van der Waals surface area contributed by atoms with Crippen molar-refractivity contribution in [1.29, 1.82) is 0 Å². The predicted octanol–water partition coefficient (Wildman–Crippen LogP) is 6.64. The van der Waals surface area contributed by atoms with Gasteiger partial charge in [-0.2, -0.15) is 26.3 Å². The van der Waals surface area contributed by atoms with Gasteiger partial charge in [-0.05, 0) is 49.2 Å². The first kappa shape index (κ1) is 27.4. The van der Waals surface area contributed by atoms with E-state index < -0.39 is 40.6 Å². The van der Waals surface area contributed by atoms with E-state index >= 15 is 0 Å². The Hall–Kier alpha value is -2.59. The highest BCUT2D eigenvalue weighted by Gasteiger charge is 2.52. The van der Waals surface area contributed by atoms with Crippen molar-refractivity contribution in [2.24, 2.45) is 5.41 Å². The monoisotopic (exact) mass is 529 g/mol. The molecule has 0 bridgehead atoms. The molecule has 2 heterocycles. The Morgan fingerprint density at radius 1 is 0.919 bits per heavy atom. The lowest BCUT2D eigenvalue weighted by Gasteiger charge is -2.38. The van der Waals surface area contributed by atoms with Gasteiger partial charge < -0.3 is 14.4 Å². The topological polar surface area (TPSA) is 38.8 Å². The molecular formula is C27H29F6NO3. The molecule has 0 amide bonds. The van der Waals surface area contributed by atoms with Gasteiger partial charge in [-0.1, -0.05) is 24.3 Å². The number of nitrogens with zero attached hydrogens (tertiary/aromatic N) is 1. The first-order chi connectivity index (χ1) is 17.2. The molecule has 2 aromatic carbocycles. The van der Waals surface area contributed by atoms with Crippen molar-refractivity contribution >= 4 is 5.97 Å². The van der Waals surface area contributed by atoms with Crippen molar-refractivity contribution in [3.05, 3.63) is 70.8 Å². The van der Waals surface area contributed by atoms with E-state index in [-0.39, 0.29) is 23.7 Å². The molecule has 202 valence electrons. The summed E-state index contributed by atoms with van der Waals surface area (Å²) in [6.07, 6.45) is -8.35. The highest BCUT2D eigenvalue weighted by atomic mass is 19.4. The van der Waals surface area contributed by atoms with E-state index in [9.17, 15) is 31.1 Å². The van der Waals surface area contributed by atoms with E-state index in [1.165, 1.54) is 24.3 Å². The van der Waals surface area contributed by atoms with E-state index in [0.29, 0.717) is 38.9 Å². The Labute approximate surface area is 211 Å². The molecule has 0 radical (unpaired) electrons. The van der Waals surface area contributed by atoms with Gasteiger partial charge in [-0.15, -0.1) is 0 Å². The zero-order chi connectivity index (χ0) is 27.1. The third-order valence-electron chi connectivity index (χ3n) is 7.12. The van der Waals surface area contributed by atoms with Gasteiger partial charge in [0.2, 0.25) is 0 Å². The standard InChI is InChI=1S/C27H29F6NO3/c1-24(2)17-25(37-23(24)35)9-11-34(12-10-25)13-14-36-22(18-5-3-7-20(15-18)26(28,29)30)19-6-4-8-21(16-19)27(31,32)33/h3-8,15-16,22H,9-14,17H2,1-2H3. The van der Waals surface area contributed by atoms with Crippen LogP contribution in [0.1, 0.15) is 61.5 Å². The summed E-state index contributed by atoms with van der Waals surface area (Å²) < 4.78 is 91.6.